The van der Waals surface area contributed by atoms with Crippen molar-refractivity contribution < 1.29 is 22.7 Å². The summed E-state index contributed by atoms with van der Waals surface area (Å²) in [5, 5.41) is 3.53. The van der Waals surface area contributed by atoms with Crippen LogP contribution in [0.1, 0.15) is 18.4 Å². The maximum Gasteiger partial charge on any atom is 0.243 e. The minimum Gasteiger partial charge on any atom is -0.497 e. The second-order valence-corrected chi connectivity index (χ2v) is 9.43. The smallest absolute Gasteiger partial charge is 0.243 e. The summed E-state index contributed by atoms with van der Waals surface area (Å²) in [6, 6.07) is 11.4. The van der Waals surface area contributed by atoms with Gasteiger partial charge < -0.3 is 14.8 Å². The Morgan fingerprint density at radius 1 is 1.10 bits per heavy atom. The van der Waals surface area contributed by atoms with E-state index in [2.05, 4.69) is 5.32 Å². The Bertz CT molecular complexity index is 987. The van der Waals surface area contributed by atoms with Crippen molar-refractivity contribution in [2.45, 2.75) is 30.2 Å². The van der Waals surface area contributed by atoms with Gasteiger partial charge in [0.1, 0.15) is 11.5 Å². The lowest BCUT2D eigenvalue weighted by Crippen LogP contribution is -2.46. The maximum absolute atomic E-state index is 12.8. The van der Waals surface area contributed by atoms with Crippen molar-refractivity contribution in [1.82, 2.24) is 9.62 Å². The second kappa shape index (κ2) is 9.68. The van der Waals surface area contributed by atoms with Gasteiger partial charge in [0.15, 0.2) is 0 Å². The number of carbonyl (C=O) groups is 1. The predicted octanol–water partition coefficient (Wildman–Crippen LogP) is 2.87. The average Bonchev–Trinajstić information content (AvgIpc) is 2.74. The van der Waals surface area contributed by atoms with Crippen LogP contribution in [0.4, 0.5) is 0 Å². The number of nitrogens with zero attached hydrogens (tertiary/aromatic N) is 1. The normalized spacial score (nSPS) is 15.6. The molecular weight excluding hydrogens is 428 g/mol. The van der Waals surface area contributed by atoms with Crippen molar-refractivity contribution in [3.63, 3.8) is 0 Å². The highest BCUT2D eigenvalue weighted by molar-refractivity contribution is 7.89. The number of halogens is 1. The summed E-state index contributed by atoms with van der Waals surface area (Å²) < 4.78 is 37.5. The molecule has 1 fully saturated rings. The number of sulfonamides is 1. The summed E-state index contributed by atoms with van der Waals surface area (Å²) in [4.78, 5) is 12.7. The van der Waals surface area contributed by atoms with E-state index in [1.54, 1.807) is 49.6 Å². The Hall–Kier alpha value is -2.29. The zero-order valence-corrected chi connectivity index (χ0v) is 18.5. The topological polar surface area (TPSA) is 84.9 Å². The fourth-order valence-electron chi connectivity index (χ4n) is 3.47. The molecule has 0 atom stereocenters. The molecule has 0 unspecified atom stereocenters. The van der Waals surface area contributed by atoms with E-state index in [0.29, 0.717) is 48.0 Å². The van der Waals surface area contributed by atoms with Crippen LogP contribution in [-0.2, 0) is 21.2 Å². The number of amides is 1. The molecule has 0 radical (unpaired) electrons. The predicted molar refractivity (Wildman–Crippen MR) is 115 cm³/mol. The Morgan fingerprint density at radius 3 is 2.37 bits per heavy atom. The summed E-state index contributed by atoms with van der Waals surface area (Å²) in [5.74, 6) is 1.06. The summed E-state index contributed by atoms with van der Waals surface area (Å²) in [6.45, 7) is 0.694. The number of carbonyl (C=O) groups excluding carboxylic acids is 1. The number of hydrogen-bond donors (Lipinski definition) is 1. The first-order chi connectivity index (χ1) is 14.3. The van der Waals surface area contributed by atoms with Crippen LogP contribution in [0.3, 0.4) is 0 Å². The number of benzene rings is 2. The van der Waals surface area contributed by atoms with Gasteiger partial charge in [0.05, 0.1) is 25.5 Å². The van der Waals surface area contributed by atoms with Gasteiger partial charge in [0, 0.05) is 29.7 Å². The van der Waals surface area contributed by atoms with E-state index in [-0.39, 0.29) is 23.3 Å². The minimum absolute atomic E-state index is 0.0787. The van der Waals surface area contributed by atoms with Gasteiger partial charge in [0.25, 0.3) is 0 Å². The molecule has 2 aromatic carbocycles. The lowest BCUT2D eigenvalue weighted by atomic mass is 10.1. The van der Waals surface area contributed by atoms with Gasteiger partial charge in [-0.3, -0.25) is 4.79 Å². The molecule has 1 N–H and O–H groups in total. The minimum atomic E-state index is -3.57. The van der Waals surface area contributed by atoms with Crippen LogP contribution in [0.25, 0.3) is 0 Å². The highest BCUT2D eigenvalue weighted by Crippen LogP contribution is 2.25. The lowest BCUT2D eigenvalue weighted by Gasteiger charge is -2.31. The van der Waals surface area contributed by atoms with Crippen molar-refractivity contribution in [2.75, 3.05) is 27.3 Å². The SMILES string of the molecule is COc1ccc(S(=O)(=O)N2CCC(NC(=O)Cc3cc(Cl)ccc3OC)CC2)cc1. The standard InChI is InChI=1S/C21H25ClN2O5S/c1-28-18-4-6-19(7-5-18)30(26,27)24-11-9-17(10-12-24)23-21(25)14-15-13-16(22)3-8-20(15)29-2/h3-8,13,17H,9-12,14H2,1-2H3,(H,23,25). The first kappa shape index (κ1) is 22.4. The van der Waals surface area contributed by atoms with Crippen LogP contribution in [-0.4, -0.2) is 52.0 Å². The molecule has 0 spiro atoms. The molecule has 7 nitrogen and oxygen atoms in total. The van der Waals surface area contributed by atoms with Crippen LogP contribution < -0.4 is 14.8 Å². The van der Waals surface area contributed by atoms with E-state index in [0.717, 1.165) is 0 Å². The monoisotopic (exact) mass is 452 g/mol. The number of rotatable bonds is 7. The van der Waals surface area contributed by atoms with Crippen LogP contribution in [0.2, 0.25) is 5.02 Å². The van der Waals surface area contributed by atoms with Crippen LogP contribution in [0.5, 0.6) is 11.5 Å². The molecule has 1 aliphatic heterocycles. The fourth-order valence-corrected chi connectivity index (χ4v) is 5.14. The molecule has 1 aliphatic rings. The summed E-state index contributed by atoms with van der Waals surface area (Å²) in [6.07, 6.45) is 1.25. The Labute approximate surface area is 182 Å². The summed E-state index contributed by atoms with van der Waals surface area (Å²) in [7, 11) is -0.489. The van der Waals surface area contributed by atoms with Crippen LogP contribution in [0, 0.1) is 0 Å². The van der Waals surface area contributed by atoms with Gasteiger partial charge in [-0.25, -0.2) is 8.42 Å². The lowest BCUT2D eigenvalue weighted by molar-refractivity contribution is -0.121. The van der Waals surface area contributed by atoms with Gasteiger partial charge in [-0.15, -0.1) is 0 Å². The number of hydrogen-bond acceptors (Lipinski definition) is 5. The molecule has 2 aromatic rings. The molecule has 9 heteroatoms. The maximum atomic E-state index is 12.8. The van der Waals surface area contributed by atoms with E-state index in [9.17, 15) is 13.2 Å². The largest absolute Gasteiger partial charge is 0.497 e. The third-order valence-corrected chi connectivity index (χ3v) is 7.26. The highest BCUT2D eigenvalue weighted by atomic mass is 35.5. The first-order valence-corrected chi connectivity index (χ1v) is 11.4. The first-order valence-electron chi connectivity index (χ1n) is 9.59. The van der Waals surface area contributed by atoms with Crippen molar-refractivity contribution in [3.05, 3.63) is 53.1 Å². The quantitative estimate of drug-likeness (QED) is 0.698. The van der Waals surface area contributed by atoms with E-state index in [4.69, 9.17) is 21.1 Å². The number of piperidine rings is 1. The molecule has 0 aromatic heterocycles. The Balaban J connectivity index is 1.56. The molecule has 162 valence electrons. The average molecular weight is 453 g/mol. The van der Waals surface area contributed by atoms with E-state index < -0.39 is 10.0 Å². The highest BCUT2D eigenvalue weighted by Gasteiger charge is 2.30. The molecule has 1 saturated heterocycles. The molecule has 0 bridgehead atoms. The van der Waals surface area contributed by atoms with Gasteiger partial charge in [-0.05, 0) is 55.3 Å². The van der Waals surface area contributed by atoms with Gasteiger partial charge >= 0.3 is 0 Å². The van der Waals surface area contributed by atoms with Crippen LogP contribution in [0.15, 0.2) is 47.4 Å². The van der Waals surface area contributed by atoms with Crippen molar-refractivity contribution in [1.29, 1.82) is 0 Å². The molecule has 1 amide bonds. The molecule has 3 rings (SSSR count). The van der Waals surface area contributed by atoms with E-state index in [1.807, 2.05) is 0 Å². The zero-order valence-electron chi connectivity index (χ0n) is 16.9. The third kappa shape index (κ3) is 5.24. The molecule has 30 heavy (non-hydrogen) atoms. The number of methoxy groups -OCH3 is 2. The third-order valence-electron chi connectivity index (χ3n) is 5.11. The van der Waals surface area contributed by atoms with Crippen molar-refractivity contribution in [2.24, 2.45) is 0 Å². The summed E-state index contributed by atoms with van der Waals surface area (Å²) >= 11 is 6.02. The fraction of sp³-hybridized carbons (Fsp3) is 0.381. The molecule has 1 heterocycles. The second-order valence-electron chi connectivity index (χ2n) is 7.05. The number of ether oxygens (including phenoxy) is 2. The van der Waals surface area contributed by atoms with Gasteiger partial charge in [0.2, 0.25) is 15.9 Å². The molecule has 0 aliphatic carbocycles. The van der Waals surface area contributed by atoms with Crippen molar-refractivity contribution >= 4 is 27.5 Å². The van der Waals surface area contributed by atoms with Gasteiger partial charge in [-0.2, -0.15) is 4.31 Å². The van der Waals surface area contributed by atoms with E-state index >= 15 is 0 Å². The Kier molecular flexibility index (Phi) is 7.23. The Morgan fingerprint density at radius 2 is 1.77 bits per heavy atom. The van der Waals surface area contributed by atoms with Crippen molar-refractivity contribution in [3.8, 4) is 11.5 Å². The molecular formula is C21H25ClN2O5S. The molecule has 0 saturated carbocycles. The number of nitrogens with one attached hydrogen (secondary N) is 1. The van der Waals surface area contributed by atoms with Gasteiger partial charge in [-0.1, -0.05) is 11.6 Å². The summed E-state index contributed by atoms with van der Waals surface area (Å²) in [5.41, 5.74) is 0.710. The van der Waals surface area contributed by atoms with Crippen LogP contribution >= 0.6 is 11.6 Å². The van der Waals surface area contributed by atoms with E-state index in [1.165, 1.54) is 11.4 Å². The zero-order chi connectivity index (χ0) is 21.7.